The fourth-order valence-electron chi connectivity index (χ4n) is 3.63. The van der Waals surface area contributed by atoms with Crippen molar-refractivity contribution in [2.24, 2.45) is 0 Å². The van der Waals surface area contributed by atoms with E-state index < -0.39 is 0 Å². The number of nitrogens with zero attached hydrogens (tertiary/aromatic N) is 5. The fourth-order valence-corrected chi connectivity index (χ4v) is 3.75. The molecule has 0 unspecified atom stereocenters. The summed E-state index contributed by atoms with van der Waals surface area (Å²) in [5.74, 6) is 1.76. The predicted octanol–water partition coefficient (Wildman–Crippen LogP) is 4.15. The number of fused-ring (bicyclic) bond motifs is 1. The summed E-state index contributed by atoms with van der Waals surface area (Å²) >= 11 is 5.98. The van der Waals surface area contributed by atoms with Crippen LogP contribution in [0.25, 0.3) is 5.65 Å². The van der Waals surface area contributed by atoms with Crippen molar-refractivity contribution in [1.82, 2.24) is 24.7 Å². The number of nitrogens with one attached hydrogen (secondary N) is 1. The molecule has 1 aliphatic rings. The molecule has 6 nitrogen and oxygen atoms in total. The zero-order valence-electron chi connectivity index (χ0n) is 16.7. The second-order valence-electron chi connectivity index (χ2n) is 8.58. The van der Waals surface area contributed by atoms with Crippen LogP contribution in [0.5, 0.6) is 0 Å². The number of benzene rings is 1. The largest absolute Gasteiger partial charge is 0.366 e. The average molecular weight is 399 g/mol. The van der Waals surface area contributed by atoms with E-state index in [9.17, 15) is 0 Å². The van der Waals surface area contributed by atoms with Gasteiger partial charge in [-0.2, -0.15) is 4.52 Å². The number of anilines is 1. The Morgan fingerprint density at radius 1 is 1.04 bits per heavy atom. The van der Waals surface area contributed by atoms with Gasteiger partial charge < -0.3 is 5.32 Å². The highest BCUT2D eigenvalue weighted by Crippen LogP contribution is 2.22. The van der Waals surface area contributed by atoms with Gasteiger partial charge in [-0.1, -0.05) is 44.5 Å². The zero-order chi connectivity index (χ0) is 19.7. The summed E-state index contributed by atoms with van der Waals surface area (Å²) in [7, 11) is 0. The molecular formula is C21H27ClN6. The zero-order valence-corrected chi connectivity index (χ0v) is 17.4. The van der Waals surface area contributed by atoms with E-state index >= 15 is 0 Å². The quantitative estimate of drug-likeness (QED) is 0.715. The monoisotopic (exact) mass is 398 g/mol. The van der Waals surface area contributed by atoms with E-state index in [1.165, 1.54) is 5.56 Å². The first-order valence-electron chi connectivity index (χ1n) is 9.85. The van der Waals surface area contributed by atoms with Crippen molar-refractivity contribution >= 4 is 23.1 Å². The van der Waals surface area contributed by atoms with Crippen LogP contribution >= 0.6 is 11.6 Å². The van der Waals surface area contributed by atoms with Crippen molar-refractivity contribution in [3.63, 3.8) is 0 Å². The molecule has 0 radical (unpaired) electrons. The molecule has 1 N–H and O–H groups in total. The molecule has 2 aromatic heterocycles. The lowest BCUT2D eigenvalue weighted by Crippen LogP contribution is -2.38. The number of aromatic nitrogens is 4. The summed E-state index contributed by atoms with van der Waals surface area (Å²) in [6.45, 7) is 9.50. The Hall–Kier alpha value is -2.18. The van der Waals surface area contributed by atoms with Gasteiger partial charge in [-0.05, 0) is 42.7 Å². The minimum atomic E-state index is -0.0992. The summed E-state index contributed by atoms with van der Waals surface area (Å²) < 4.78 is 1.86. The van der Waals surface area contributed by atoms with E-state index in [0.717, 1.165) is 54.8 Å². The van der Waals surface area contributed by atoms with E-state index in [-0.39, 0.29) is 5.41 Å². The van der Waals surface area contributed by atoms with Gasteiger partial charge in [0, 0.05) is 36.1 Å². The Labute approximate surface area is 170 Å². The number of hydrogen-bond donors (Lipinski definition) is 1. The van der Waals surface area contributed by atoms with E-state index in [1.807, 2.05) is 28.8 Å². The van der Waals surface area contributed by atoms with E-state index in [4.69, 9.17) is 16.7 Å². The highest BCUT2D eigenvalue weighted by molar-refractivity contribution is 6.30. The van der Waals surface area contributed by atoms with Crippen LogP contribution in [0.15, 0.2) is 36.4 Å². The van der Waals surface area contributed by atoms with Crippen LogP contribution < -0.4 is 5.32 Å². The molecule has 0 amide bonds. The molecule has 7 heteroatoms. The van der Waals surface area contributed by atoms with Crippen LogP contribution in [0.4, 0.5) is 5.82 Å². The molecule has 0 saturated carbocycles. The SMILES string of the molecule is CC(C)(C)c1nnc2ccc(NC3CCN(Cc4ccc(Cl)cc4)CC3)nn12. The van der Waals surface area contributed by atoms with Gasteiger partial charge in [0.15, 0.2) is 11.5 Å². The standard InChI is InChI=1S/C21H27ClN6/c1-21(2,3)20-25-24-19-9-8-18(26-28(19)20)23-17-10-12-27(13-11-17)14-15-4-6-16(22)7-5-15/h4-9,17H,10-14H2,1-3H3,(H,23,26). The molecule has 0 spiro atoms. The summed E-state index contributed by atoms with van der Waals surface area (Å²) in [4.78, 5) is 2.50. The van der Waals surface area contributed by atoms with Crippen molar-refractivity contribution < 1.29 is 0 Å². The highest BCUT2D eigenvalue weighted by atomic mass is 35.5. The summed E-state index contributed by atoms with van der Waals surface area (Å²) in [6, 6.07) is 12.5. The number of piperidine rings is 1. The number of halogens is 1. The number of likely N-dealkylation sites (tertiary alicyclic amines) is 1. The lowest BCUT2D eigenvalue weighted by Gasteiger charge is -2.32. The predicted molar refractivity (Wildman–Crippen MR) is 113 cm³/mol. The third kappa shape index (κ3) is 4.28. The lowest BCUT2D eigenvalue weighted by molar-refractivity contribution is 0.211. The van der Waals surface area contributed by atoms with E-state index in [2.05, 4.69) is 53.3 Å². The molecule has 0 aliphatic carbocycles. The topological polar surface area (TPSA) is 58.4 Å². The third-order valence-electron chi connectivity index (χ3n) is 5.19. The molecule has 1 fully saturated rings. The summed E-state index contributed by atoms with van der Waals surface area (Å²) in [6.07, 6.45) is 2.20. The van der Waals surface area contributed by atoms with Crippen molar-refractivity contribution in [2.75, 3.05) is 18.4 Å². The van der Waals surface area contributed by atoms with E-state index in [0.29, 0.717) is 6.04 Å². The first-order chi connectivity index (χ1) is 13.4. The minimum absolute atomic E-state index is 0.0992. The Morgan fingerprint density at radius 2 is 1.75 bits per heavy atom. The van der Waals surface area contributed by atoms with Gasteiger partial charge in [-0.25, -0.2) is 0 Å². The van der Waals surface area contributed by atoms with Crippen LogP contribution in [-0.4, -0.2) is 43.8 Å². The third-order valence-corrected chi connectivity index (χ3v) is 5.44. The fraction of sp³-hybridized carbons (Fsp3) is 0.476. The molecule has 1 aliphatic heterocycles. The molecular weight excluding hydrogens is 372 g/mol. The molecule has 28 heavy (non-hydrogen) atoms. The maximum Gasteiger partial charge on any atom is 0.178 e. The Kier molecular flexibility index (Phi) is 5.25. The van der Waals surface area contributed by atoms with Gasteiger partial charge in [0.25, 0.3) is 0 Å². The molecule has 0 atom stereocenters. The first kappa shape index (κ1) is 19.2. The van der Waals surface area contributed by atoms with Crippen LogP contribution in [0.3, 0.4) is 0 Å². The molecule has 3 aromatic rings. The van der Waals surface area contributed by atoms with Crippen LogP contribution in [0, 0.1) is 0 Å². The van der Waals surface area contributed by atoms with Crippen molar-refractivity contribution in [1.29, 1.82) is 0 Å². The number of rotatable bonds is 4. The lowest BCUT2D eigenvalue weighted by atomic mass is 9.96. The normalized spacial score (nSPS) is 16.6. The molecule has 148 valence electrons. The molecule has 0 bridgehead atoms. The highest BCUT2D eigenvalue weighted by Gasteiger charge is 2.23. The molecule has 3 heterocycles. The summed E-state index contributed by atoms with van der Waals surface area (Å²) in [5.41, 5.74) is 2.00. The molecule has 1 saturated heterocycles. The maximum atomic E-state index is 5.98. The Bertz CT molecular complexity index is 936. The minimum Gasteiger partial charge on any atom is -0.366 e. The smallest absolute Gasteiger partial charge is 0.178 e. The summed E-state index contributed by atoms with van der Waals surface area (Å²) in [5, 5.41) is 17.7. The second-order valence-corrected chi connectivity index (χ2v) is 9.02. The van der Waals surface area contributed by atoms with Gasteiger partial charge in [-0.15, -0.1) is 15.3 Å². The van der Waals surface area contributed by atoms with Crippen molar-refractivity contribution in [3.8, 4) is 0 Å². The van der Waals surface area contributed by atoms with Crippen molar-refractivity contribution in [3.05, 3.63) is 52.8 Å². The Morgan fingerprint density at radius 3 is 2.43 bits per heavy atom. The van der Waals surface area contributed by atoms with E-state index in [1.54, 1.807) is 0 Å². The first-order valence-corrected chi connectivity index (χ1v) is 10.2. The van der Waals surface area contributed by atoms with Gasteiger partial charge in [0.1, 0.15) is 5.82 Å². The van der Waals surface area contributed by atoms with Gasteiger partial charge in [0.05, 0.1) is 0 Å². The van der Waals surface area contributed by atoms with Crippen LogP contribution in [-0.2, 0) is 12.0 Å². The number of hydrogen-bond acceptors (Lipinski definition) is 5. The van der Waals surface area contributed by atoms with Crippen molar-refractivity contribution in [2.45, 2.75) is 51.6 Å². The average Bonchev–Trinajstić information content (AvgIpc) is 3.09. The van der Waals surface area contributed by atoms with Gasteiger partial charge in [-0.3, -0.25) is 4.90 Å². The maximum absolute atomic E-state index is 5.98. The van der Waals surface area contributed by atoms with Gasteiger partial charge in [0.2, 0.25) is 0 Å². The van der Waals surface area contributed by atoms with Crippen LogP contribution in [0.1, 0.15) is 45.0 Å². The van der Waals surface area contributed by atoms with Crippen LogP contribution in [0.2, 0.25) is 5.02 Å². The van der Waals surface area contributed by atoms with Gasteiger partial charge >= 0.3 is 0 Å². The molecule has 1 aromatic carbocycles. The Balaban J connectivity index is 1.37. The molecule has 4 rings (SSSR count). The second kappa shape index (κ2) is 7.68.